The second-order valence-corrected chi connectivity index (χ2v) is 6.42. The molecule has 5 amide bonds. The molecule has 10 nitrogen and oxygen atoms in total. The maximum absolute atomic E-state index is 12.2. The molecule has 0 unspecified atom stereocenters. The van der Waals surface area contributed by atoms with Gasteiger partial charge in [-0.15, -0.1) is 0 Å². The summed E-state index contributed by atoms with van der Waals surface area (Å²) in [5.41, 5.74) is 5.56. The lowest BCUT2D eigenvalue weighted by Crippen LogP contribution is -2.57. The van der Waals surface area contributed by atoms with Crippen LogP contribution < -0.4 is 36.1 Å². The Balaban J connectivity index is 2.18. The number of anilines is 2. The summed E-state index contributed by atoms with van der Waals surface area (Å²) in [6, 6.07) is 14.0. The molecule has 0 aliphatic rings. The molecule has 154 valence electrons. The third-order valence-electron chi connectivity index (χ3n) is 3.30. The topological polar surface area (TPSA) is 124 Å². The van der Waals surface area contributed by atoms with Crippen LogP contribution in [-0.2, 0) is 0 Å². The number of hydrogen-bond acceptors (Lipinski definition) is 6. The van der Waals surface area contributed by atoms with E-state index < -0.39 is 18.2 Å². The summed E-state index contributed by atoms with van der Waals surface area (Å²) in [4.78, 5) is 36.1. The minimum Gasteiger partial charge on any atom is -0.410 e. The van der Waals surface area contributed by atoms with Crippen LogP contribution in [-0.4, -0.2) is 31.0 Å². The lowest BCUT2D eigenvalue weighted by atomic mass is 10.2. The fourth-order valence-corrected chi connectivity index (χ4v) is 2.39. The molecule has 0 radical (unpaired) electrons. The van der Waals surface area contributed by atoms with Gasteiger partial charge in [0.15, 0.2) is 0 Å². The van der Waals surface area contributed by atoms with Gasteiger partial charge in [-0.1, -0.05) is 37.3 Å². The molecule has 0 fully saturated rings. The molecule has 0 spiro atoms. The molecular formula is C18H22N6O4S. The summed E-state index contributed by atoms with van der Waals surface area (Å²) in [7, 11) is 1.43. The van der Waals surface area contributed by atoms with Gasteiger partial charge < -0.3 is 10.1 Å². The number of para-hydroxylation sites is 3. The number of hydrogen-bond donors (Lipinski definition) is 5. The molecule has 0 bridgehead atoms. The van der Waals surface area contributed by atoms with Gasteiger partial charge in [-0.05, 0) is 36.2 Å². The molecule has 5 N–H and O–H groups in total. The summed E-state index contributed by atoms with van der Waals surface area (Å²) in [5.74, 6) is 1.04. The van der Waals surface area contributed by atoms with Crippen molar-refractivity contribution < 1.29 is 19.1 Å². The van der Waals surface area contributed by atoms with Crippen molar-refractivity contribution in [3.63, 3.8) is 0 Å². The number of urea groups is 2. The highest BCUT2D eigenvalue weighted by atomic mass is 32.2. The van der Waals surface area contributed by atoms with Gasteiger partial charge in [-0.2, -0.15) is 5.12 Å². The first kappa shape index (κ1) is 21.7. The fraction of sp³-hybridized carbons (Fsp3) is 0.167. The van der Waals surface area contributed by atoms with E-state index in [9.17, 15) is 14.4 Å². The highest BCUT2D eigenvalue weighted by molar-refractivity contribution is 7.97. The van der Waals surface area contributed by atoms with Crippen LogP contribution in [0.1, 0.15) is 6.92 Å². The van der Waals surface area contributed by atoms with E-state index >= 15 is 0 Å². The van der Waals surface area contributed by atoms with Crippen molar-refractivity contribution in [2.75, 3.05) is 23.2 Å². The predicted molar refractivity (Wildman–Crippen MR) is 112 cm³/mol. The van der Waals surface area contributed by atoms with Crippen LogP contribution in [0.25, 0.3) is 0 Å². The number of rotatable bonds is 7. The molecule has 29 heavy (non-hydrogen) atoms. The minimum absolute atomic E-state index is 0.299. The first-order valence-corrected chi connectivity index (χ1v) is 9.61. The average molecular weight is 418 g/mol. The zero-order chi connectivity index (χ0) is 21.1. The second-order valence-electron chi connectivity index (χ2n) is 5.35. The molecule has 0 aliphatic heterocycles. The largest absolute Gasteiger partial charge is 0.417 e. The summed E-state index contributed by atoms with van der Waals surface area (Å²) in [5, 5.41) is 6.08. The van der Waals surface area contributed by atoms with Gasteiger partial charge in [0, 0.05) is 12.8 Å². The molecule has 2 aromatic carbocycles. The minimum atomic E-state index is -0.727. The molecular weight excluding hydrogens is 396 g/mol. The number of nitrogens with one attached hydrogen (secondary N) is 5. The Morgan fingerprint density at radius 3 is 2.31 bits per heavy atom. The molecule has 0 aromatic heterocycles. The van der Waals surface area contributed by atoms with Crippen LogP contribution in [0, 0.1) is 0 Å². The fourth-order valence-electron chi connectivity index (χ4n) is 2.07. The van der Waals surface area contributed by atoms with Gasteiger partial charge in [0.2, 0.25) is 0 Å². The van der Waals surface area contributed by atoms with Gasteiger partial charge in [0.05, 0.1) is 5.69 Å². The molecule has 2 rings (SSSR count). The van der Waals surface area contributed by atoms with Crippen molar-refractivity contribution in [1.82, 2.24) is 20.9 Å². The second kappa shape index (κ2) is 11.3. The van der Waals surface area contributed by atoms with Crippen LogP contribution in [0.2, 0.25) is 0 Å². The number of hydrazine groups is 2. The Bertz CT molecular complexity index is 836. The van der Waals surface area contributed by atoms with Crippen molar-refractivity contribution in [1.29, 1.82) is 0 Å². The average Bonchev–Trinajstić information content (AvgIpc) is 2.72. The molecule has 0 aliphatic carbocycles. The maximum Gasteiger partial charge on any atom is 0.417 e. The van der Waals surface area contributed by atoms with Crippen molar-refractivity contribution >= 4 is 41.5 Å². The van der Waals surface area contributed by atoms with Crippen LogP contribution >= 0.6 is 11.9 Å². The molecule has 0 saturated heterocycles. The zero-order valence-corrected chi connectivity index (χ0v) is 16.7. The van der Waals surface area contributed by atoms with Crippen molar-refractivity contribution in [2.45, 2.75) is 6.92 Å². The van der Waals surface area contributed by atoms with Crippen LogP contribution in [0.15, 0.2) is 54.6 Å². The first-order valence-electron chi connectivity index (χ1n) is 8.63. The predicted octanol–water partition coefficient (Wildman–Crippen LogP) is 2.83. The van der Waals surface area contributed by atoms with E-state index in [1.54, 1.807) is 54.6 Å². The SMILES string of the molecule is CCSNC(=O)NN(NC(=O)NC)c1ccccc1NC(=O)Oc1ccccc1. The molecule has 11 heteroatoms. The van der Waals surface area contributed by atoms with E-state index in [0.29, 0.717) is 22.9 Å². The van der Waals surface area contributed by atoms with Gasteiger partial charge in [-0.25, -0.2) is 25.2 Å². The summed E-state index contributed by atoms with van der Waals surface area (Å²) < 4.78 is 7.78. The van der Waals surface area contributed by atoms with Crippen LogP contribution in [0.5, 0.6) is 5.75 Å². The monoisotopic (exact) mass is 418 g/mol. The quantitative estimate of drug-likeness (QED) is 0.348. The number of carbonyl (C=O) groups is 3. The molecule has 0 saturated carbocycles. The number of carbonyl (C=O) groups excluding carboxylic acids is 3. The number of ether oxygens (including phenoxy) is 1. The summed E-state index contributed by atoms with van der Waals surface area (Å²) in [6.45, 7) is 1.88. The summed E-state index contributed by atoms with van der Waals surface area (Å²) >= 11 is 1.19. The van der Waals surface area contributed by atoms with E-state index in [4.69, 9.17) is 4.74 Å². The Hall–Kier alpha value is -3.60. The lowest BCUT2D eigenvalue weighted by Gasteiger charge is -2.27. The third kappa shape index (κ3) is 7.14. The van der Waals surface area contributed by atoms with Crippen molar-refractivity contribution in [3.05, 3.63) is 54.6 Å². The lowest BCUT2D eigenvalue weighted by molar-refractivity contribution is 0.215. The number of benzene rings is 2. The Labute approximate surface area is 172 Å². The standard InChI is InChI=1S/C18H22N6O4S/c1-3-29-23-17(26)22-24(21-16(25)19-2)15-12-8-7-11-14(15)20-18(27)28-13-9-5-4-6-10-13/h4-12H,3H2,1-2H3,(H,20,27)(H2,19,21,25)(H2,22,23,26). The smallest absolute Gasteiger partial charge is 0.410 e. The highest BCUT2D eigenvalue weighted by Crippen LogP contribution is 2.24. The zero-order valence-electron chi connectivity index (χ0n) is 15.9. The van der Waals surface area contributed by atoms with Gasteiger partial charge in [0.25, 0.3) is 0 Å². The van der Waals surface area contributed by atoms with E-state index in [2.05, 4.69) is 26.2 Å². The van der Waals surface area contributed by atoms with Crippen molar-refractivity contribution in [2.24, 2.45) is 0 Å². The third-order valence-corrected chi connectivity index (χ3v) is 3.92. The van der Waals surface area contributed by atoms with Crippen LogP contribution in [0.4, 0.5) is 25.8 Å². The Morgan fingerprint density at radius 2 is 1.62 bits per heavy atom. The maximum atomic E-state index is 12.2. The number of nitrogens with zero attached hydrogens (tertiary/aromatic N) is 1. The Morgan fingerprint density at radius 1 is 0.966 bits per heavy atom. The van der Waals surface area contributed by atoms with Crippen molar-refractivity contribution in [3.8, 4) is 5.75 Å². The molecule has 0 heterocycles. The molecule has 0 atom stereocenters. The van der Waals surface area contributed by atoms with Gasteiger partial charge >= 0.3 is 18.2 Å². The van der Waals surface area contributed by atoms with E-state index in [-0.39, 0.29) is 0 Å². The molecule has 2 aromatic rings. The van der Waals surface area contributed by atoms with Gasteiger partial charge in [-0.3, -0.25) is 10.0 Å². The Kier molecular flexibility index (Phi) is 8.45. The van der Waals surface area contributed by atoms with Gasteiger partial charge in [0.1, 0.15) is 11.4 Å². The van der Waals surface area contributed by atoms with Crippen LogP contribution in [0.3, 0.4) is 0 Å². The number of amides is 5. The first-order chi connectivity index (χ1) is 14.0. The van der Waals surface area contributed by atoms with E-state index in [1.807, 2.05) is 6.92 Å². The van der Waals surface area contributed by atoms with E-state index in [1.165, 1.54) is 19.0 Å². The van der Waals surface area contributed by atoms with E-state index in [0.717, 1.165) is 5.12 Å². The normalized spacial score (nSPS) is 9.72. The summed E-state index contributed by atoms with van der Waals surface area (Å²) in [6.07, 6.45) is -0.727. The highest BCUT2D eigenvalue weighted by Gasteiger charge is 2.18.